The van der Waals surface area contributed by atoms with Crippen molar-refractivity contribution in [3.05, 3.63) is 106 Å². The highest BCUT2D eigenvalue weighted by Gasteiger charge is 2.57. The maximum Gasteiger partial charge on any atom is 0.471 e. The van der Waals surface area contributed by atoms with Gasteiger partial charge < -0.3 is 9.47 Å². The predicted molar refractivity (Wildman–Crippen MR) is 205 cm³/mol. The summed E-state index contributed by atoms with van der Waals surface area (Å²) in [5.41, 5.74) is -0.456. The van der Waals surface area contributed by atoms with Crippen LogP contribution in [0.15, 0.2) is 84.0 Å². The van der Waals surface area contributed by atoms with E-state index in [1.54, 1.807) is 88.4 Å². The molecule has 294 valence electrons. The number of ether oxygens (including phenoxy) is 2. The van der Waals surface area contributed by atoms with Crippen molar-refractivity contribution in [3.63, 3.8) is 0 Å². The van der Waals surface area contributed by atoms with Crippen molar-refractivity contribution >= 4 is 61.8 Å². The average molecular weight is 787 g/mol. The minimum Gasteiger partial charge on any atom is -0.455 e. The van der Waals surface area contributed by atoms with Crippen LogP contribution in [0.3, 0.4) is 0 Å². The molecule has 4 aromatic carbocycles. The Labute approximate surface area is 323 Å². The highest BCUT2D eigenvalue weighted by molar-refractivity contribution is 6.13. The van der Waals surface area contributed by atoms with Crippen LogP contribution in [-0.4, -0.2) is 41.2 Å². The molecule has 0 atom stereocenters. The van der Waals surface area contributed by atoms with E-state index in [-0.39, 0.29) is 22.9 Å². The summed E-state index contributed by atoms with van der Waals surface area (Å²) in [5, 5.41) is 1.81. The Kier molecular flexibility index (Phi) is 7.90. The average Bonchev–Trinajstić information content (AvgIpc) is 3.39. The minimum atomic E-state index is -5.15. The Morgan fingerprint density at radius 3 is 1.40 bits per heavy atom. The normalized spacial score (nSPS) is 20.5. The third-order valence-corrected chi connectivity index (χ3v) is 11.4. The number of amides is 2. The van der Waals surface area contributed by atoms with Crippen LogP contribution in [0, 0.1) is 0 Å². The van der Waals surface area contributed by atoms with Gasteiger partial charge in [-0.05, 0) is 114 Å². The number of rotatable bonds is 0. The molecule has 0 saturated carbocycles. The molecular formula is C44H36F6N2O5. The number of anilines is 2. The first-order chi connectivity index (χ1) is 26.5. The van der Waals surface area contributed by atoms with Gasteiger partial charge in [0.2, 0.25) is 0 Å². The Morgan fingerprint density at radius 1 is 0.632 bits per heavy atom. The van der Waals surface area contributed by atoms with Crippen LogP contribution in [0.4, 0.5) is 37.7 Å². The van der Waals surface area contributed by atoms with Crippen molar-refractivity contribution in [2.45, 2.75) is 84.4 Å². The quantitative estimate of drug-likeness (QED) is 0.101. The molecule has 13 heteroatoms. The van der Waals surface area contributed by atoms with Gasteiger partial charge in [0.1, 0.15) is 11.5 Å². The Hall–Kier alpha value is -5.85. The summed E-state index contributed by atoms with van der Waals surface area (Å²) in [6.07, 6.45) is -3.70. The van der Waals surface area contributed by atoms with Crippen LogP contribution in [-0.2, 0) is 24.7 Å². The largest absolute Gasteiger partial charge is 0.471 e. The van der Waals surface area contributed by atoms with Crippen LogP contribution in [0.25, 0.3) is 32.7 Å². The molecular weight excluding hydrogens is 750 g/mol. The zero-order valence-corrected chi connectivity index (χ0v) is 32.1. The van der Waals surface area contributed by atoms with Crippen LogP contribution in [0.2, 0.25) is 0 Å². The summed E-state index contributed by atoms with van der Waals surface area (Å²) < 4.78 is 97.5. The van der Waals surface area contributed by atoms with Crippen molar-refractivity contribution in [2.24, 2.45) is 0 Å². The number of esters is 1. The monoisotopic (exact) mass is 786 g/mol. The van der Waals surface area contributed by atoms with Gasteiger partial charge in [0.15, 0.2) is 5.60 Å². The van der Waals surface area contributed by atoms with E-state index in [0.29, 0.717) is 66.1 Å². The van der Waals surface area contributed by atoms with Gasteiger partial charge in [0.25, 0.3) is 0 Å². The molecule has 1 spiro atoms. The summed E-state index contributed by atoms with van der Waals surface area (Å²) in [7, 11) is 0. The number of carbonyl (C=O) groups excluding carboxylic acids is 3. The van der Waals surface area contributed by atoms with Crippen molar-refractivity contribution in [2.75, 3.05) is 9.80 Å². The summed E-state index contributed by atoms with van der Waals surface area (Å²) in [6, 6.07) is 12.9. The molecule has 0 aromatic heterocycles. The van der Waals surface area contributed by atoms with Gasteiger partial charge in [0, 0.05) is 38.6 Å². The molecule has 4 aromatic rings. The molecule has 4 heterocycles. The fourth-order valence-corrected chi connectivity index (χ4v) is 9.49. The molecule has 1 fully saturated rings. The van der Waals surface area contributed by atoms with E-state index in [1.165, 1.54) is 39.8 Å². The van der Waals surface area contributed by atoms with E-state index in [4.69, 9.17) is 9.47 Å². The number of alkyl halides is 6. The van der Waals surface area contributed by atoms with E-state index in [1.807, 2.05) is 0 Å². The lowest BCUT2D eigenvalue weighted by molar-refractivity contribution is -0.171. The fourth-order valence-electron chi connectivity index (χ4n) is 9.49. The molecule has 4 aliphatic rings. The molecule has 7 nitrogen and oxygen atoms in total. The van der Waals surface area contributed by atoms with E-state index < -0.39 is 46.8 Å². The van der Waals surface area contributed by atoms with Gasteiger partial charge in [-0.15, -0.1) is 0 Å². The van der Waals surface area contributed by atoms with E-state index >= 15 is 0 Å². The predicted octanol–water partition coefficient (Wildman–Crippen LogP) is 11.0. The lowest BCUT2D eigenvalue weighted by atomic mass is 9.74. The van der Waals surface area contributed by atoms with Gasteiger partial charge >= 0.3 is 30.1 Å². The van der Waals surface area contributed by atoms with Crippen molar-refractivity contribution in [1.29, 1.82) is 0 Å². The molecule has 0 unspecified atom stereocenters. The molecule has 8 rings (SSSR count). The highest BCUT2D eigenvalue weighted by atomic mass is 19.4. The van der Waals surface area contributed by atoms with Crippen molar-refractivity contribution in [3.8, 4) is 11.5 Å². The van der Waals surface area contributed by atoms with Gasteiger partial charge in [-0.25, -0.2) is 4.79 Å². The van der Waals surface area contributed by atoms with Gasteiger partial charge in [-0.3, -0.25) is 19.4 Å². The second kappa shape index (κ2) is 11.8. The molecule has 57 heavy (non-hydrogen) atoms. The molecule has 0 N–H and O–H groups in total. The summed E-state index contributed by atoms with van der Waals surface area (Å²) >= 11 is 0. The van der Waals surface area contributed by atoms with E-state index in [2.05, 4.69) is 0 Å². The number of benzene rings is 4. The Bertz CT molecular complexity index is 2520. The standard InChI is InChI=1S/C44H36F6N2O5/c1-9-23-28(10-2)42(57-37(23)53)29-15-11-24-26(13-17-31-33(24)21(3)19-40(5,6)51(31)38(54)43(45,46)47)35(29)56-36-27-14-18-32-34(25(27)12-16-30(36)42)22(4)20-41(7,8)52(32)39(55)44(48,49)50/h9-20H,1-8H3/b23-9+,28-10+. The molecule has 0 bridgehead atoms. The van der Waals surface area contributed by atoms with E-state index in [0.717, 1.165) is 9.80 Å². The first-order valence-electron chi connectivity index (χ1n) is 18.2. The SMILES string of the molecule is C/C=C1/C(=O)OC2(/C1=C/C)c1ccc3c4c(ccc3c1Oc1c2ccc2c3c(ccc12)N(C(=O)C(F)(F)F)C(C)(C)C=C3C)N(C(=O)C(F)(F)F)C(C)(C)C=C4C. The summed E-state index contributed by atoms with van der Waals surface area (Å²) in [4.78, 5) is 41.1. The Balaban J connectivity index is 1.44. The smallest absolute Gasteiger partial charge is 0.455 e. The van der Waals surface area contributed by atoms with Crippen LogP contribution in [0.5, 0.6) is 11.5 Å². The van der Waals surface area contributed by atoms with E-state index in [9.17, 15) is 40.7 Å². The number of halogens is 6. The maximum absolute atomic E-state index is 14.0. The van der Waals surface area contributed by atoms with Gasteiger partial charge in [0.05, 0.1) is 28.0 Å². The first-order valence-corrected chi connectivity index (χ1v) is 18.2. The third kappa shape index (κ3) is 5.09. The minimum absolute atomic E-state index is 0.0542. The summed E-state index contributed by atoms with van der Waals surface area (Å²) in [5.74, 6) is -4.19. The molecule has 4 aliphatic heterocycles. The number of hydrogen-bond acceptors (Lipinski definition) is 5. The van der Waals surface area contributed by atoms with Crippen molar-refractivity contribution < 1.29 is 50.2 Å². The first kappa shape index (κ1) is 38.0. The molecule has 1 saturated heterocycles. The molecule has 2 amide bonds. The maximum atomic E-state index is 14.0. The van der Waals surface area contributed by atoms with Crippen LogP contribution in [0.1, 0.15) is 77.6 Å². The number of fused-ring (bicyclic) bond motifs is 12. The lowest BCUT2D eigenvalue weighted by Crippen LogP contribution is -2.53. The zero-order chi connectivity index (χ0) is 41.5. The lowest BCUT2D eigenvalue weighted by Gasteiger charge is -2.43. The zero-order valence-electron chi connectivity index (χ0n) is 32.1. The fraction of sp³-hybridized carbons (Fsp3) is 0.295. The third-order valence-electron chi connectivity index (χ3n) is 11.4. The second-order valence-electron chi connectivity index (χ2n) is 15.8. The van der Waals surface area contributed by atoms with Gasteiger partial charge in [-0.2, -0.15) is 26.3 Å². The number of carbonyl (C=O) groups is 3. The number of allylic oxidation sites excluding steroid dienone is 4. The Morgan fingerprint density at radius 2 is 1.04 bits per heavy atom. The summed E-state index contributed by atoms with van der Waals surface area (Å²) in [6.45, 7) is 13.1. The van der Waals surface area contributed by atoms with Gasteiger partial charge in [-0.1, -0.05) is 36.4 Å². The molecule has 0 aliphatic carbocycles. The van der Waals surface area contributed by atoms with Crippen molar-refractivity contribution in [1.82, 2.24) is 0 Å². The number of nitrogens with zero attached hydrogens (tertiary/aromatic N) is 2. The number of hydrogen-bond donors (Lipinski definition) is 0. The second-order valence-corrected chi connectivity index (χ2v) is 15.8. The van der Waals surface area contributed by atoms with Crippen LogP contribution >= 0.6 is 0 Å². The topological polar surface area (TPSA) is 76.2 Å². The van der Waals surface area contributed by atoms with Crippen LogP contribution < -0.4 is 14.5 Å². The molecule has 0 radical (unpaired) electrons. The highest BCUT2D eigenvalue weighted by Crippen LogP contribution is 2.61.